The summed E-state index contributed by atoms with van der Waals surface area (Å²) < 4.78 is 43.4. The Kier molecular flexibility index (Phi) is 5.10. The number of rotatable bonds is 5. The van der Waals surface area contributed by atoms with E-state index in [9.17, 15) is 13.2 Å². The monoisotopic (exact) mass is 290 g/mol. The van der Waals surface area contributed by atoms with Gasteiger partial charge in [0.2, 0.25) is 0 Å². The van der Waals surface area contributed by atoms with E-state index in [4.69, 9.17) is 4.74 Å². The van der Waals surface area contributed by atoms with Crippen molar-refractivity contribution in [1.29, 1.82) is 0 Å². The summed E-state index contributed by atoms with van der Waals surface area (Å²) in [5.41, 5.74) is 1.17. The van der Waals surface area contributed by atoms with Gasteiger partial charge in [0, 0.05) is 31.5 Å². The lowest BCUT2D eigenvalue weighted by atomic mass is 9.93. The molecule has 3 nitrogen and oxygen atoms in total. The fourth-order valence-corrected chi connectivity index (χ4v) is 2.62. The molecule has 0 aliphatic heterocycles. The number of hydrogen-bond acceptors (Lipinski definition) is 2. The minimum Gasteiger partial charge on any atom is -0.369 e. The van der Waals surface area contributed by atoms with E-state index >= 15 is 0 Å². The topological polar surface area (TPSA) is 26.2 Å². The number of hydrogen-bond donors (Lipinski definition) is 1. The minimum absolute atomic E-state index is 0.233. The van der Waals surface area contributed by atoms with E-state index in [-0.39, 0.29) is 12.1 Å². The summed E-state index contributed by atoms with van der Waals surface area (Å²) in [6, 6.07) is 4.25. The van der Waals surface area contributed by atoms with Crippen molar-refractivity contribution in [3.05, 3.63) is 24.0 Å². The molecule has 0 radical (unpaired) electrons. The average molecular weight is 290 g/mol. The van der Waals surface area contributed by atoms with Gasteiger partial charge >= 0.3 is 6.18 Å². The molecule has 1 aromatic heterocycles. The van der Waals surface area contributed by atoms with Crippen LogP contribution >= 0.6 is 0 Å². The van der Waals surface area contributed by atoms with Crippen molar-refractivity contribution in [2.45, 2.75) is 50.6 Å². The molecule has 1 aliphatic carbocycles. The molecule has 0 aromatic carbocycles. The van der Waals surface area contributed by atoms with Crippen molar-refractivity contribution in [2.24, 2.45) is 7.05 Å². The molecular formula is C14H21F3N2O. The molecule has 0 amide bonds. The highest BCUT2D eigenvalue weighted by Crippen LogP contribution is 2.24. The molecule has 20 heavy (non-hydrogen) atoms. The Labute approximate surface area is 117 Å². The first-order valence-electron chi connectivity index (χ1n) is 6.96. The first-order chi connectivity index (χ1) is 9.44. The molecule has 114 valence electrons. The van der Waals surface area contributed by atoms with E-state index in [2.05, 4.69) is 5.32 Å². The normalized spacial score (nSPS) is 24.0. The summed E-state index contributed by atoms with van der Waals surface area (Å²) in [6.07, 6.45) is 0.746. The van der Waals surface area contributed by atoms with Crippen molar-refractivity contribution in [3.8, 4) is 0 Å². The van der Waals surface area contributed by atoms with Crippen LogP contribution in [0.15, 0.2) is 18.3 Å². The fourth-order valence-electron chi connectivity index (χ4n) is 2.62. The summed E-state index contributed by atoms with van der Waals surface area (Å²) in [5.74, 6) is 0. The Morgan fingerprint density at radius 1 is 1.40 bits per heavy atom. The summed E-state index contributed by atoms with van der Waals surface area (Å²) in [4.78, 5) is 0. The smallest absolute Gasteiger partial charge is 0.369 e. The maximum atomic E-state index is 12.1. The Morgan fingerprint density at radius 2 is 2.20 bits per heavy atom. The van der Waals surface area contributed by atoms with E-state index in [1.807, 2.05) is 29.9 Å². The maximum absolute atomic E-state index is 12.1. The predicted molar refractivity (Wildman–Crippen MR) is 70.3 cm³/mol. The number of ether oxygens (including phenoxy) is 1. The van der Waals surface area contributed by atoms with Crippen LogP contribution in [0.1, 0.15) is 31.4 Å². The highest BCUT2D eigenvalue weighted by atomic mass is 19.4. The van der Waals surface area contributed by atoms with E-state index in [0.29, 0.717) is 6.42 Å². The molecule has 0 saturated heterocycles. The van der Waals surface area contributed by atoms with Gasteiger partial charge in [-0.1, -0.05) is 0 Å². The Hall–Kier alpha value is -1.01. The number of aryl methyl sites for hydroxylation is 1. The highest BCUT2D eigenvalue weighted by Gasteiger charge is 2.31. The second-order valence-corrected chi connectivity index (χ2v) is 5.40. The van der Waals surface area contributed by atoms with Crippen molar-refractivity contribution in [2.75, 3.05) is 6.61 Å². The lowest BCUT2D eigenvalue weighted by molar-refractivity contribution is -0.188. The SMILES string of the molecule is Cn1cccc1CNC1CCCC(OCC(F)(F)F)C1. The second kappa shape index (κ2) is 6.63. The van der Waals surface area contributed by atoms with Gasteiger partial charge in [-0.05, 0) is 37.8 Å². The van der Waals surface area contributed by atoms with Crippen LogP contribution in [0.4, 0.5) is 13.2 Å². The third-order valence-corrected chi connectivity index (χ3v) is 3.73. The van der Waals surface area contributed by atoms with Crippen LogP contribution in [0, 0.1) is 0 Å². The maximum Gasteiger partial charge on any atom is 0.411 e. The third-order valence-electron chi connectivity index (χ3n) is 3.73. The number of nitrogens with zero attached hydrogens (tertiary/aromatic N) is 1. The Bertz CT molecular complexity index is 417. The van der Waals surface area contributed by atoms with Crippen LogP contribution in [-0.4, -0.2) is 29.5 Å². The van der Waals surface area contributed by atoms with Crippen LogP contribution in [0.2, 0.25) is 0 Å². The number of alkyl halides is 3. The molecule has 1 N–H and O–H groups in total. The quantitative estimate of drug-likeness (QED) is 0.902. The summed E-state index contributed by atoms with van der Waals surface area (Å²) in [5, 5.41) is 3.41. The van der Waals surface area contributed by atoms with E-state index in [1.165, 1.54) is 5.69 Å². The Balaban J connectivity index is 1.74. The molecule has 1 heterocycles. The van der Waals surface area contributed by atoms with Crippen molar-refractivity contribution >= 4 is 0 Å². The van der Waals surface area contributed by atoms with Gasteiger partial charge in [-0.25, -0.2) is 0 Å². The molecule has 1 aromatic rings. The number of aromatic nitrogens is 1. The zero-order valence-electron chi connectivity index (χ0n) is 11.6. The van der Waals surface area contributed by atoms with Gasteiger partial charge < -0.3 is 14.6 Å². The van der Waals surface area contributed by atoms with Crippen molar-refractivity contribution in [1.82, 2.24) is 9.88 Å². The van der Waals surface area contributed by atoms with Gasteiger partial charge in [-0.2, -0.15) is 13.2 Å². The molecule has 1 saturated carbocycles. The zero-order valence-corrected chi connectivity index (χ0v) is 11.6. The molecule has 2 atom stereocenters. The lowest BCUT2D eigenvalue weighted by Crippen LogP contribution is -2.38. The first-order valence-corrected chi connectivity index (χ1v) is 6.96. The average Bonchev–Trinajstić information content (AvgIpc) is 2.79. The van der Waals surface area contributed by atoms with Gasteiger partial charge in [0.15, 0.2) is 0 Å². The molecule has 6 heteroatoms. The highest BCUT2D eigenvalue weighted by molar-refractivity contribution is 5.06. The third kappa shape index (κ3) is 4.83. The predicted octanol–water partition coefficient (Wildman–Crippen LogP) is 3.00. The molecule has 2 rings (SSSR count). The molecular weight excluding hydrogens is 269 g/mol. The zero-order chi connectivity index (χ0) is 14.6. The molecule has 2 unspecified atom stereocenters. The molecule has 0 spiro atoms. The Morgan fingerprint density at radius 3 is 2.85 bits per heavy atom. The second-order valence-electron chi connectivity index (χ2n) is 5.40. The van der Waals surface area contributed by atoms with Crippen LogP contribution in [0.25, 0.3) is 0 Å². The molecule has 1 aliphatic rings. The van der Waals surface area contributed by atoms with E-state index < -0.39 is 12.8 Å². The van der Waals surface area contributed by atoms with Crippen molar-refractivity contribution < 1.29 is 17.9 Å². The van der Waals surface area contributed by atoms with Crippen LogP contribution in [0.5, 0.6) is 0 Å². The van der Waals surface area contributed by atoms with E-state index in [1.54, 1.807) is 0 Å². The van der Waals surface area contributed by atoms with Crippen molar-refractivity contribution in [3.63, 3.8) is 0 Å². The molecule has 0 bridgehead atoms. The molecule has 1 fully saturated rings. The van der Waals surface area contributed by atoms with Crippen LogP contribution < -0.4 is 5.32 Å². The fraction of sp³-hybridized carbons (Fsp3) is 0.714. The van der Waals surface area contributed by atoms with Gasteiger partial charge in [-0.15, -0.1) is 0 Å². The van der Waals surface area contributed by atoms with Gasteiger partial charge in [0.1, 0.15) is 6.61 Å². The standard InChI is InChI=1S/C14H21F3N2O/c1-19-7-3-5-12(19)9-18-11-4-2-6-13(8-11)20-10-14(15,16)17/h3,5,7,11,13,18H,2,4,6,8-10H2,1H3. The lowest BCUT2D eigenvalue weighted by Gasteiger charge is -2.30. The van der Waals surface area contributed by atoms with Crippen LogP contribution in [0.3, 0.4) is 0 Å². The van der Waals surface area contributed by atoms with E-state index in [0.717, 1.165) is 25.8 Å². The minimum atomic E-state index is -4.23. The summed E-state index contributed by atoms with van der Waals surface area (Å²) in [7, 11) is 1.98. The van der Waals surface area contributed by atoms with Gasteiger partial charge in [0.05, 0.1) is 6.10 Å². The summed E-state index contributed by atoms with van der Waals surface area (Å²) >= 11 is 0. The van der Waals surface area contributed by atoms with Gasteiger partial charge in [0.25, 0.3) is 0 Å². The van der Waals surface area contributed by atoms with Crippen LogP contribution in [-0.2, 0) is 18.3 Å². The number of halogens is 3. The first kappa shape index (κ1) is 15.4. The summed E-state index contributed by atoms with van der Waals surface area (Å²) in [6.45, 7) is -0.400. The number of nitrogens with one attached hydrogen (secondary N) is 1. The largest absolute Gasteiger partial charge is 0.411 e. The van der Waals surface area contributed by atoms with Gasteiger partial charge in [-0.3, -0.25) is 0 Å².